The fourth-order valence-corrected chi connectivity index (χ4v) is 2.51. The van der Waals surface area contributed by atoms with Gasteiger partial charge in [-0.3, -0.25) is 9.69 Å². The normalized spacial score (nSPS) is 15.3. The van der Waals surface area contributed by atoms with Crippen molar-refractivity contribution in [1.82, 2.24) is 9.80 Å². The molecule has 0 saturated carbocycles. The van der Waals surface area contributed by atoms with Gasteiger partial charge in [0.1, 0.15) is 0 Å². The van der Waals surface area contributed by atoms with Gasteiger partial charge >= 0.3 is 0 Å². The van der Waals surface area contributed by atoms with Crippen LogP contribution in [0.5, 0.6) is 0 Å². The summed E-state index contributed by atoms with van der Waals surface area (Å²) in [7, 11) is 0. The lowest BCUT2D eigenvalue weighted by Crippen LogP contribution is -2.49. The third kappa shape index (κ3) is 5.38. The number of anilines is 1. The van der Waals surface area contributed by atoms with Gasteiger partial charge in [0.2, 0.25) is 0 Å². The van der Waals surface area contributed by atoms with Crippen molar-refractivity contribution in [2.45, 2.75) is 13.8 Å². The molecule has 0 unspecified atom stereocenters. The average molecular weight is 334 g/mol. The number of piperazine rings is 1. The van der Waals surface area contributed by atoms with E-state index in [-0.39, 0.29) is 30.7 Å². The van der Waals surface area contributed by atoms with Crippen LogP contribution in [0.4, 0.5) is 5.69 Å². The topological polar surface area (TPSA) is 49.6 Å². The van der Waals surface area contributed by atoms with Crippen LogP contribution in [0, 0.1) is 5.92 Å². The van der Waals surface area contributed by atoms with E-state index in [9.17, 15) is 4.79 Å². The molecule has 6 heteroatoms. The van der Waals surface area contributed by atoms with E-state index < -0.39 is 0 Å². The first-order valence-electron chi connectivity index (χ1n) is 6.94. The molecule has 1 heterocycles. The SMILES string of the molecule is CC(C)CN1CCN(C(=O)c2ccccc2N)CC1.Cl.Cl. The zero-order valence-electron chi connectivity index (χ0n) is 12.6. The molecule has 0 bridgehead atoms. The molecular weight excluding hydrogens is 309 g/mol. The predicted molar refractivity (Wildman–Crippen MR) is 92.5 cm³/mol. The molecule has 1 fully saturated rings. The van der Waals surface area contributed by atoms with Gasteiger partial charge in [-0.1, -0.05) is 26.0 Å². The Labute approximate surface area is 139 Å². The van der Waals surface area contributed by atoms with Crippen molar-refractivity contribution in [2.75, 3.05) is 38.5 Å². The van der Waals surface area contributed by atoms with Crippen LogP contribution in [-0.2, 0) is 0 Å². The lowest BCUT2D eigenvalue weighted by molar-refractivity contribution is 0.0625. The van der Waals surface area contributed by atoms with E-state index in [1.807, 2.05) is 17.0 Å². The molecule has 0 spiro atoms. The highest BCUT2D eigenvalue weighted by atomic mass is 35.5. The zero-order chi connectivity index (χ0) is 13.8. The minimum absolute atomic E-state index is 0. The Kier molecular flexibility index (Phi) is 8.71. The standard InChI is InChI=1S/C15H23N3O.2ClH/c1-12(2)11-17-7-9-18(10-8-17)15(19)13-5-3-4-6-14(13)16;;/h3-6,12H,7-11,16H2,1-2H3;2*1H. The Balaban J connectivity index is 0.00000200. The number of nitrogens with zero attached hydrogens (tertiary/aromatic N) is 2. The van der Waals surface area contributed by atoms with E-state index in [0.717, 1.165) is 32.7 Å². The first-order valence-corrected chi connectivity index (χ1v) is 6.94. The Morgan fingerprint density at radius 1 is 1.14 bits per heavy atom. The quantitative estimate of drug-likeness (QED) is 0.864. The number of halogens is 2. The van der Waals surface area contributed by atoms with Crippen molar-refractivity contribution >= 4 is 36.4 Å². The van der Waals surface area contributed by atoms with E-state index in [0.29, 0.717) is 17.2 Å². The summed E-state index contributed by atoms with van der Waals surface area (Å²) in [6.45, 7) is 9.05. The first kappa shape index (κ1) is 20.0. The van der Waals surface area contributed by atoms with Crippen molar-refractivity contribution in [3.63, 3.8) is 0 Å². The Morgan fingerprint density at radius 3 is 2.24 bits per heavy atom. The number of carbonyl (C=O) groups excluding carboxylic acids is 1. The summed E-state index contributed by atoms with van der Waals surface area (Å²) in [5, 5.41) is 0. The summed E-state index contributed by atoms with van der Waals surface area (Å²) in [4.78, 5) is 16.7. The number of hydrogen-bond acceptors (Lipinski definition) is 3. The van der Waals surface area contributed by atoms with Crippen LogP contribution in [0.3, 0.4) is 0 Å². The highest BCUT2D eigenvalue weighted by Gasteiger charge is 2.23. The molecule has 1 amide bonds. The largest absolute Gasteiger partial charge is 0.398 e. The predicted octanol–water partition coefficient (Wildman–Crippen LogP) is 2.53. The van der Waals surface area contributed by atoms with Gasteiger partial charge in [-0.05, 0) is 18.1 Å². The molecule has 1 aromatic carbocycles. The number of benzene rings is 1. The monoisotopic (exact) mass is 333 g/mol. The highest BCUT2D eigenvalue weighted by molar-refractivity contribution is 5.99. The average Bonchev–Trinajstić information content (AvgIpc) is 2.39. The molecule has 21 heavy (non-hydrogen) atoms. The lowest BCUT2D eigenvalue weighted by atomic mass is 10.1. The molecule has 120 valence electrons. The van der Waals surface area contributed by atoms with Crippen LogP contribution in [0.1, 0.15) is 24.2 Å². The Hall–Kier alpha value is -0.970. The second kappa shape index (κ2) is 9.13. The van der Waals surface area contributed by atoms with Crippen LogP contribution in [0.15, 0.2) is 24.3 Å². The second-order valence-corrected chi connectivity index (χ2v) is 5.57. The summed E-state index contributed by atoms with van der Waals surface area (Å²) >= 11 is 0. The Morgan fingerprint density at radius 2 is 1.71 bits per heavy atom. The molecule has 0 aliphatic carbocycles. The van der Waals surface area contributed by atoms with Gasteiger partial charge in [0.05, 0.1) is 5.56 Å². The van der Waals surface area contributed by atoms with Gasteiger partial charge in [-0.2, -0.15) is 0 Å². The fourth-order valence-electron chi connectivity index (χ4n) is 2.51. The zero-order valence-corrected chi connectivity index (χ0v) is 14.3. The summed E-state index contributed by atoms with van der Waals surface area (Å²) in [6.07, 6.45) is 0. The van der Waals surface area contributed by atoms with Crippen LogP contribution < -0.4 is 5.73 Å². The summed E-state index contributed by atoms with van der Waals surface area (Å²) in [5.41, 5.74) is 7.06. The van der Waals surface area contributed by atoms with E-state index in [1.165, 1.54) is 0 Å². The number of carbonyl (C=O) groups is 1. The molecule has 4 nitrogen and oxygen atoms in total. The molecule has 1 aliphatic rings. The van der Waals surface area contributed by atoms with Crippen LogP contribution in [0.2, 0.25) is 0 Å². The van der Waals surface area contributed by atoms with E-state index in [2.05, 4.69) is 18.7 Å². The minimum Gasteiger partial charge on any atom is -0.398 e. The lowest BCUT2D eigenvalue weighted by Gasteiger charge is -2.35. The maximum Gasteiger partial charge on any atom is 0.256 e. The second-order valence-electron chi connectivity index (χ2n) is 5.57. The van der Waals surface area contributed by atoms with Gasteiger partial charge < -0.3 is 10.6 Å². The molecule has 0 aromatic heterocycles. The van der Waals surface area contributed by atoms with Crippen molar-refractivity contribution < 1.29 is 4.79 Å². The number of amides is 1. The summed E-state index contributed by atoms with van der Waals surface area (Å²) in [6, 6.07) is 7.30. The molecule has 0 radical (unpaired) electrons. The van der Waals surface area contributed by atoms with E-state index in [1.54, 1.807) is 12.1 Å². The fraction of sp³-hybridized carbons (Fsp3) is 0.533. The van der Waals surface area contributed by atoms with Crippen molar-refractivity contribution in [1.29, 1.82) is 0 Å². The van der Waals surface area contributed by atoms with Gasteiger partial charge in [-0.25, -0.2) is 0 Å². The third-order valence-electron chi connectivity index (χ3n) is 3.47. The van der Waals surface area contributed by atoms with Crippen LogP contribution in [0.25, 0.3) is 0 Å². The van der Waals surface area contributed by atoms with Gasteiger partial charge in [0, 0.05) is 38.4 Å². The minimum atomic E-state index is 0. The van der Waals surface area contributed by atoms with E-state index >= 15 is 0 Å². The van der Waals surface area contributed by atoms with Crippen molar-refractivity contribution in [2.24, 2.45) is 5.92 Å². The number of hydrogen-bond donors (Lipinski definition) is 1. The maximum atomic E-state index is 12.4. The number of nitrogen functional groups attached to an aromatic ring is 1. The number of rotatable bonds is 3. The third-order valence-corrected chi connectivity index (χ3v) is 3.47. The molecule has 1 saturated heterocycles. The molecule has 2 rings (SSSR count). The molecular formula is C15H25Cl2N3O. The van der Waals surface area contributed by atoms with Gasteiger partial charge in [-0.15, -0.1) is 24.8 Å². The molecule has 1 aromatic rings. The molecule has 0 atom stereocenters. The van der Waals surface area contributed by atoms with Crippen LogP contribution >= 0.6 is 24.8 Å². The van der Waals surface area contributed by atoms with Crippen molar-refractivity contribution in [3.8, 4) is 0 Å². The smallest absolute Gasteiger partial charge is 0.256 e. The highest BCUT2D eigenvalue weighted by Crippen LogP contribution is 2.15. The Bertz CT molecular complexity index is 446. The van der Waals surface area contributed by atoms with Gasteiger partial charge in [0.25, 0.3) is 5.91 Å². The number of para-hydroxylation sites is 1. The molecule has 2 N–H and O–H groups in total. The summed E-state index contributed by atoms with van der Waals surface area (Å²) < 4.78 is 0. The number of nitrogens with two attached hydrogens (primary N) is 1. The van der Waals surface area contributed by atoms with E-state index in [4.69, 9.17) is 5.73 Å². The van der Waals surface area contributed by atoms with Crippen LogP contribution in [-0.4, -0.2) is 48.4 Å². The van der Waals surface area contributed by atoms with Gasteiger partial charge in [0.15, 0.2) is 0 Å². The molecule has 1 aliphatic heterocycles. The first-order chi connectivity index (χ1) is 9.08. The summed E-state index contributed by atoms with van der Waals surface area (Å²) in [5.74, 6) is 0.731. The van der Waals surface area contributed by atoms with Crippen molar-refractivity contribution in [3.05, 3.63) is 29.8 Å². The maximum absolute atomic E-state index is 12.4.